The van der Waals surface area contributed by atoms with Crippen LogP contribution >= 0.6 is 0 Å². The SMILES string of the molecule is C=CC(=O)OCCCC(C(C)(C)C)(C(C)(C)C)C(C)(C)C. The van der Waals surface area contributed by atoms with E-state index in [9.17, 15) is 4.79 Å². The van der Waals surface area contributed by atoms with Crippen molar-refractivity contribution < 1.29 is 9.53 Å². The van der Waals surface area contributed by atoms with Crippen LogP contribution in [0.15, 0.2) is 12.7 Å². The Hall–Kier alpha value is -0.790. The second kappa shape index (κ2) is 6.54. The van der Waals surface area contributed by atoms with Gasteiger partial charge in [0.1, 0.15) is 0 Å². The van der Waals surface area contributed by atoms with Gasteiger partial charge in [-0.05, 0) is 34.5 Å². The number of esters is 1. The van der Waals surface area contributed by atoms with E-state index in [1.807, 2.05) is 0 Å². The van der Waals surface area contributed by atoms with E-state index in [1.165, 1.54) is 6.08 Å². The molecule has 0 unspecified atom stereocenters. The van der Waals surface area contributed by atoms with Crippen molar-refractivity contribution in [1.82, 2.24) is 0 Å². The average molecular weight is 296 g/mol. The van der Waals surface area contributed by atoms with Crippen LogP contribution in [0.5, 0.6) is 0 Å². The fourth-order valence-corrected chi connectivity index (χ4v) is 5.07. The lowest BCUT2D eigenvalue weighted by Gasteiger charge is -2.61. The maximum absolute atomic E-state index is 11.2. The fraction of sp³-hybridized carbons (Fsp3) is 0.842. The highest BCUT2D eigenvalue weighted by Gasteiger charge is 2.56. The summed E-state index contributed by atoms with van der Waals surface area (Å²) in [5.74, 6) is -0.331. The summed E-state index contributed by atoms with van der Waals surface area (Å²) in [7, 11) is 0. The Kier molecular flexibility index (Phi) is 6.29. The maximum atomic E-state index is 11.2. The van der Waals surface area contributed by atoms with E-state index < -0.39 is 0 Å². The van der Waals surface area contributed by atoms with E-state index in [0.29, 0.717) is 6.61 Å². The minimum absolute atomic E-state index is 0.133. The molecule has 0 aromatic rings. The zero-order chi connectivity index (χ0) is 17.1. The van der Waals surface area contributed by atoms with Gasteiger partial charge in [-0.15, -0.1) is 0 Å². The third-order valence-electron chi connectivity index (χ3n) is 4.95. The second-order valence-corrected chi connectivity index (χ2v) is 9.13. The molecule has 0 rings (SSSR count). The number of carbonyl (C=O) groups is 1. The van der Waals surface area contributed by atoms with Gasteiger partial charge in [0.05, 0.1) is 6.61 Å². The van der Waals surface area contributed by atoms with Gasteiger partial charge in [0, 0.05) is 6.08 Å². The number of rotatable bonds is 5. The quantitative estimate of drug-likeness (QED) is 0.374. The lowest BCUT2D eigenvalue weighted by Crippen LogP contribution is -2.54. The highest BCUT2D eigenvalue weighted by atomic mass is 16.5. The largest absolute Gasteiger partial charge is 0.463 e. The van der Waals surface area contributed by atoms with Crippen LogP contribution in [0.25, 0.3) is 0 Å². The lowest BCUT2D eigenvalue weighted by atomic mass is 9.43. The van der Waals surface area contributed by atoms with Crippen LogP contribution in [0.2, 0.25) is 0 Å². The molecule has 0 atom stereocenters. The van der Waals surface area contributed by atoms with E-state index >= 15 is 0 Å². The summed E-state index contributed by atoms with van der Waals surface area (Å²) in [6.45, 7) is 24.9. The molecule has 0 heterocycles. The first-order valence-electron chi connectivity index (χ1n) is 8.00. The van der Waals surface area contributed by atoms with Gasteiger partial charge in [0.25, 0.3) is 0 Å². The summed E-state index contributed by atoms with van der Waals surface area (Å²) in [4.78, 5) is 11.2. The predicted molar refractivity (Wildman–Crippen MR) is 91.2 cm³/mol. The lowest BCUT2D eigenvalue weighted by molar-refractivity contribution is -0.142. The smallest absolute Gasteiger partial charge is 0.330 e. The normalized spacial score (nSPS) is 14.0. The van der Waals surface area contributed by atoms with Crippen molar-refractivity contribution in [2.45, 2.75) is 75.2 Å². The highest BCUT2D eigenvalue weighted by Crippen LogP contribution is 2.63. The Morgan fingerprint density at radius 1 is 0.905 bits per heavy atom. The summed E-state index contributed by atoms with van der Waals surface area (Å²) in [5.41, 5.74) is 0.609. The number of carbonyl (C=O) groups excluding carboxylic acids is 1. The van der Waals surface area contributed by atoms with Crippen LogP contribution in [-0.4, -0.2) is 12.6 Å². The molecule has 0 N–H and O–H groups in total. The van der Waals surface area contributed by atoms with Gasteiger partial charge in [-0.25, -0.2) is 4.79 Å². The molecule has 0 saturated heterocycles. The highest BCUT2D eigenvalue weighted by molar-refractivity contribution is 5.81. The molecule has 0 radical (unpaired) electrons. The van der Waals surface area contributed by atoms with Crippen LogP contribution in [0, 0.1) is 21.7 Å². The van der Waals surface area contributed by atoms with E-state index in [-0.39, 0.29) is 27.6 Å². The summed E-state index contributed by atoms with van der Waals surface area (Å²) < 4.78 is 5.17. The van der Waals surface area contributed by atoms with Crippen LogP contribution < -0.4 is 0 Å². The monoisotopic (exact) mass is 296 g/mol. The van der Waals surface area contributed by atoms with Crippen LogP contribution in [-0.2, 0) is 9.53 Å². The summed E-state index contributed by atoms with van der Waals surface area (Å²) >= 11 is 0. The first-order valence-corrected chi connectivity index (χ1v) is 8.00. The Labute approximate surface area is 132 Å². The molecule has 0 amide bonds. The molecule has 0 aliphatic carbocycles. The van der Waals surface area contributed by atoms with E-state index in [2.05, 4.69) is 68.9 Å². The topological polar surface area (TPSA) is 26.3 Å². The first kappa shape index (κ1) is 20.2. The van der Waals surface area contributed by atoms with Gasteiger partial charge in [0.15, 0.2) is 0 Å². The van der Waals surface area contributed by atoms with Crippen molar-refractivity contribution in [2.24, 2.45) is 21.7 Å². The van der Waals surface area contributed by atoms with Crippen molar-refractivity contribution in [1.29, 1.82) is 0 Å². The molecular weight excluding hydrogens is 260 g/mol. The molecule has 124 valence electrons. The third kappa shape index (κ3) is 4.34. The minimum Gasteiger partial charge on any atom is -0.463 e. The van der Waals surface area contributed by atoms with Crippen molar-refractivity contribution >= 4 is 5.97 Å². The fourth-order valence-electron chi connectivity index (χ4n) is 5.07. The predicted octanol–water partition coefficient (Wildman–Crippen LogP) is 5.62. The number of hydrogen-bond acceptors (Lipinski definition) is 2. The van der Waals surface area contributed by atoms with Crippen molar-refractivity contribution in [3.05, 3.63) is 12.7 Å². The number of hydrogen-bond donors (Lipinski definition) is 0. The van der Waals surface area contributed by atoms with Gasteiger partial charge in [-0.3, -0.25) is 0 Å². The van der Waals surface area contributed by atoms with Crippen molar-refractivity contribution in [2.75, 3.05) is 6.61 Å². The molecule has 0 aliphatic heterocycles. The second-order valence-electron chi connectivity index (χ2n) is 9.13. The van der Waals surface area contributed by atoms with Crippen LogP contribution in [0.4, 0.5) is 0 Å². The Balaban J connectivity index is 5.34. The molecule has 2 nitrogen and oxygen atoms in total. The third-order valence-corrected chi connectivity index (χ3v) is 4.95. The van der Waals surface area contributed by atoms with Crippen LogP contribution in [0.3, 0.4) is 0 Å². The standard InChI is InChI=1S/C19H36O2/c1-11-15(20)21-14-12-13-19(16(2,3)4,17(5,6)7)18(8,9)10/h11H,1,12-14H2,2-10H3. The van der Waals surface area contributed by atoms with E-state index in [1.54, 1.807) is 0 Å². The van der Waals surface area contributed by atoms with Gasteiger partial charge >= 0.3 is 5.97 Å². The van der Waals surface area contributed by atoms with Gasteiger partial charge < -0.3 is 4.74 Å². The minimum atomic E-state index is -0.331. The molecule has 0 aromatic carbocycles. The molecule has 0 fully saturated rings. The molecular formula is C19H36O2. The molecule has 21 heavy (non-hydrogen) atoms. The van der Waals surface area contributed by atoms with Crippen molar-refractivity contribution in [3.63, 3.8) is 0 Å². The maximum Gasteiger partial charge on any atom is 0.330 e. The molecule has 0 aromatic heterocycles. The van der Waals surface area contributed by atoms with Gasteiger partial charge in [-0.1, -0.05) is 68.9 Å². The molecule has 0 saturated carbocycles. The Bertz CT molecular complexity index is 322. The van der Waals surface area contributed by atoms with Gasteiger partial charge in [0.2, 0.25) is 0 Å². The number of ether oxygens (including phenoxy) is 1. The zero-order valence-electron chi connectivity index (χ0n) is 15.7. The average Bonchev–Trinajstić information content (AvgIpc) is 2.22. The van der Waals surface area contributed by atoms with E-state index in [4.69, 9.17) is 4.74 Å². The summed E-state index contributed by atoms with van der Waals surface area (Å²) in [6.07, 6.45) is 3.14. The summed E-state index contributed by atoms with van der Waals surface area (Å²) in [5, 5.41) is 0. The Morgan fingerprint density at radius 2 is 1.29 bits per heavy atom. The molecule has 2 heteroatoms. The summed E-state index contributed by atoms with van der Waals surface area (Å²) in [6, 6.07) is 0. The van der Waals surface area contributed by atoms with Crippen molar-refractivity contribution in [3.8, 4) is 0 Å². The van der Waals surface area contributed by atoms with Gasteiger partial charge in [-0.2, -0.15) is 0 Å². The first-order chi connectivity index (χ1) is 9.20. The van der Waals surface area contributed by atoms with Crippen LogP contribution in [0.1, 0.15) is 75.2 Å². The molecule has 0 spiro atoms. The molecule has 0 aliphatic rings. The Morgan fingerprint density at radius 3 is 1.57 bits per heavy atom. The zero-order valence-corrected chi connectivity index (χ0v) is 15.7. The van der Waals surface area contributed by atoms with E-state index in [0.717, 1.165) is 12.8 Å². The molecule has 0 bridgehead atoms.